The molecule has 4 N–H and O–H groups in total. The molecule has 2 rings (SSSR count). The molecule has 0 unspecified atom stereocenters. The molecule has 22 heavy (non-hydrogen) atoms. The van der Waals surface area contributed by atoms with Crippen LogP contribution in [0.25, 0.3) is 0 Å². The summed E-state index contributed by atoms with van der Waals surface area (Å²) in [7, 11) is 0. The molecule has 0 aliphatic rings. The Labute approximate surface area is 132 Å². The van der Waals surface area contributed by atoms with Crippen molar-refractivity contribution in [1.29, 1.82) is 0 Å². The van der Waals surface area contributed by atoms with Crippen LogP contribution in [0.5, 0.6) is 0 Å². The molecule has 2 amide bonds. The average Bonchev–Trinajstić information content (AvgIpc) is 3.04. The molecule has 0 aliphatic carbocycles. The van der Waals surface area contributed by atoms with Crippen molar-refractivity contribution in [2.45, 2.75) is 13.0 Å². The lowest BCUT2D eigenvalue weighted by Crippen LogP contribution is -2.87. The SMILES string of the molecule is C[C@H]([NH2+]CC(=O)NNC(=O)c1ccco1)c1cccc(Cl)c1. The molecular weight excluding hydrogens is 306 g/mol. The van der Waals surface area contributed by atoms with Crippen LogP contribution in [0.3, 0.4) is 0 Å². The van der Waals surface area contributed by atoms with E-state index in [2.05, 4.69) is 10.9 Å². The molecule has 0 spiro atoms. The zero-order chi connectivity index (χ0) is 15.9. The van der Waals surface area contributed by atoms with E-state index < -0.39 is 5.91 Å². The van der Waals surface area contributed by atoms with Gasteiger partial charge < -0.3 is 9.73 Å². The summed E-state index contributed by atoms with van der Waals surface area (Å²) in [6, 6.07) is 10.7. The predicted molar refractivity (Wildman–Crippen MR) is 81.0 cm³/mol. The van der Waals surface area contributed by atoms with Crippen LogP contribution >= 0.6 is 11.6 Å². The van der Waals surface area contributed by atoms with E-state index in [1.165, 1.54) is 12.3 Å². The molecule has 0 saturated carbocycles. The number of carbonyl (C=O) groups is 2. The van der Waals surface area contributed by atoms with E-state index in [9.17, 15) is 9.59 Å². The molecule has 1 heterocycles. The van der Waals surface area contributed by atoms with Gasteiger partial charge in [0.1, 0.15) is 6.04 Å². The molecule has 0 bridgehead atoms. The first-order chi connectivity index (χ1) is 10.6. The van der Waals surface area contributed by atoms with Crippen molar-refractivity contribution in [1.82, 2.24) is 10.9 Å². The van der Waals surface area contributed by atoms with Gasteiger partial charge in [-0.2, -0.15) is 0 Å². The number of nitrogens with two attached hydrogens (primary N) is 1. The minimum Gasteiger partial charge on any atom is -0.459 e. The lowest BCUT2D eigenvalue weighted by Gasteiger charge is -2.11. The number of amides is 2. The van der Waals surface area contributed by atoms with Gasteiger partial charge in [0.05, 0.1) is 6.26 Å². The maximum absolute atomic E-state index is 11.7. The summed E-state index contributed by atoms with van der Waals surface area (Å²) in [6.45, 7) is 2.15. The fraction of sp³-hybridized carbons (Fsp3) is 0.200. The zero-order valence-electron chi connectivity index (χ0n) is 12.0. The summed E-state index contributed by atoms with van der Waals surface area (Å²) in [5, 5.41) is 2.51. The standard InChI is InChI=1S/C15H16ClN3O3/c1-10(11-4-2-5-12(16)8-11)17-9-14(20)18-19-15(21)13-6-3-7-22-13/h2-8,10,17H,9H2,1H3,(H,18,20)(H,19,21)/p+1/t10-/m0/s1. The van der Waals surface area contributed by atoms with Crippen LogP contribution < -0.4 is 16.2 Å². The summed E-state index contributed by atoms with van der Waals surface area (Å²) in [5.41, 5.74) is 5.64. The van der Waals surface area contributed by atoms with E-state index in [4.69, 9.17) is 16.0 Å². The Morgan fingerprint density at radius 2 is 2.09 bits per heavy atom. The predicted octanol–water partition coefficient (Wildman–Crippen LogP) is 1.02. The van der Waals surface area contributed by atoms with Gasteiger partial charge >= 0.3 is 5.91 Å². The third kappa shape index (κ3) is 4.61. The molecule has 1 aromatic heterocycles. The van der Waals surface area contributed by atoms with Crippen LogP contribution in [0, 0.1) is 0 Å². The summed E-state index contributed by atoms with van der Waals surface area (Å²) in [6.07, 6.45) is 1.39. The third-order valence-electron chi connectivity index (χ3n) is 3.09. The first kappa shape index (κ1) is 16.1. The van der Waals surface area contributed by atoms with Crippen LogP contribution in [0.2, 0.25) is 5.02 Å². The molecule has 116 valence electrons. The van der Waals surface area contributed by atoms with Crippen molar-refractivity contribution < 1.29 is 19.3 Å². The van der Waals surface area contributed by atoms with Gasteiger partial charge in [-0.1, -0.05) is 23.7 Å². The van der Waals surface area contributed by atoms with E-state index in [1.54, 1.807) is 12.1 Å². The molecule has 0 fully saturated rings. The quantitative estimate of drug-likeness (QED) is 0.718. The third-order valence-corrected chi connectivity index (χ3v) is 3.33. The van der Waals surface area contributed by atoms with Crippen LogP contribution in [-0.2, 0) is 4.79 Å². The largest absolute Gasteiger partial charge is 0.459 e. The van der Waals surface area contributed by atoms with E-state index >= 15 is 0 Å². The van der Waals surface area contributed by atoms with Crippen molar-refractivity contribution in [3.8, 4) is 0 Å². The number of hydrazine groups is 1. The van der Waals surface area contributed by atoms with Gasteiger partial charge in [-0.25, -0.2) is 0 Å². The second kappa shape index (κ2) is 7.63. The zero-order valence-corrected chi connectivity index (χ0v) is 12.8. The number of halogens is 1. The summed E-state index contributed by atoms with van der Waals surface area (Å²) < 4.78 is 4.91. The molecule has 7 heteroatoms. The first-order valence-corrected chi connectivity index (χ1v) is 7.15. The van der Waals surface area contributed by atoms with Crippen molar-refractivity contribution in [3.05, 3.63) is 59.0 Å². The highest BCUT2D eigenvalue weighted by atomic mass is 35.5. The van der Waals surface area contributed by atoms with Gasteiger partial charge in [0, 0.05) is 10.6 Å². The van der Waals surface area contributed by atoms with Crippen LogP contribution in [0.15, 0.2) is 47.1 Å². The Bertz CT molecular complexity index is 643. The van der Waals surface area contributed by atoms with Gasteiger partial charge in [0.15, 0.2) is 12.3 Å². The minimum absolute atomic E-state index is 0.0743. The lowest BCUT2D eigenvalue weighted by molar-refractivity contribution is -0.682. The highest BCUT2D eigenvalue weighted by molar-refractivity contribution is 6.30. The lowest BCUT2D eigenvalue weighted by atomic mass is 10.1. The highest BCUT2D eigenvalue weighted by Crippen LogP contribution is 2.14. The fourth-order valence-electron chi connectivity index (χ4n) is 1.86. The van der Waals surface area contributed by atoms with Crippen molar-refractivity contribution in [3.63, 3.8) is 0 Å². The molecule has 1 aromatic carbocycles. The molecule has 0 aliphatic heterocycles. The summed E-state index contributed by atoms with van der Waals surface area (Å²) in [4.78, 5) is 23.3. The minimum atomic E-state index is -0.499. The van der Waals surface area contributed by atoms with E-state index in [0.717, 1.165) is 5.56 Å². The fourth-order valence-corrected chi connectivity index (χ4v) is 2.06. The van der Waals surface area contributed by atoms with Gasteiger partial charge in [-0.3, -0.25) is 20.4 Å². The Kier molecular flexibility index (Phi) is 5.57. The topological polar surface area (TPSA) is 88.0 Å². The van der Waals surface area contributed by atoms with Crippen molar-refractivity contribution in [2.75, 3.05) is 6.54 Å². The van der Waals surface area contributed by atoms with Gasteiger partial charge in [-0.15, -0.1) is 0 Å². The Hall–Kier alpha value is -2.31. The second-order valence-electron chi connectivity index (χ2n) is 4.76. The summed E-state index contributed by atoms with van der Waals surface area (Å²) >= 11 is 5.94. The number of quaternary nitrogens is 1. The average molecular weight is 323 g/mol. The van der Waals surface area contributed by atoms with E-state index in [0.29, 0.717) is 5.02 Å². The second-order valence-corrected chi connectivity index (χ2v) is 5.20. The normalized spacial score (nSPS) is 11.7. The molecule has 0 saturated heterocycles. The van der Waals surface area contributed by atoms with Gasteiger partial charge in [-0.05, 0) is 31.2 Å². The number of rotatable bonds is 5. The smallest absolute Gasteiger partial charge is 0.305 e. The van der Waals surface area contributed by atoms with Gasteiger partial charge in [0.25, 0.3) is 5.91 Å². The monoisotopic (exact) mass is 322 g/mol. The maximum Gasteiger partial charge on any atom is 0.305 e. The number of furan rings is 1. The molecule has 6 nitrogen and oxygen atoms in total. The maximum atomic E-state index is 11.7. The van der Waals surface area contributed by atoms with Gasteiger partial charge in [0.2, 0.25) is 0 Å². The van der Waals surface area contributed by atoms with E-state index in [1.807, 2.05) is 30.4 Å². The van der Waals surface area contributed by atoms with Crippen LogP contribution in [0.1, 0.15) is 29.1 Å². The molecule has 1 atom stereocenters. The number of hydrogen-bond donors (Lipinski definition) is 3. The number of benzene rings is 1. The number of hydrogen-bond acceptors (Lipinski definition) is 3. The molecule has 0 radical (unpaired) electrons. The van der Waals surface area contributed by atoms with E-state index in [-0.39, 0.29) is 24.3 Å². The van der Waals surface area contributed by atoms with Crippen molar-refractivity contribution >= 4 is 23.4 Å². The van der Waals surface area contributed by atoms with Crippen LogP contribution in [0.4, 0.5) is 0 Å². The Balaban J connectivity index is 1.74. The highest BCUT2D eigenvalue weighted by Gasteiger charge is 2.13. The Morgan fingerprint density at radius 3 is 2.77 bits per heavy atom. The number of nitrogens with one attached hydrogen (secondary N) is 2. The van der Waals surface area contributed by atoms with Crippen LogP contribution in [-0.4, -0.2) is 18.4 Å². The number of carbonyl (C=O) groups excluding carboxylic acids is 2. The Morgan fingerprint density at radius 1 is 1.27 bits per heavy atom. The summed E-state index contributed by atoms with van der Waals surface area (Å²) in [5.74, 6) is -0.674. The first-order valence-electron chi connectivity index (χ1n) is 6.77. The molecule has 2 aromatic rings. The molecular formula is C15H17ClN3O3+. The van der Waals surface area contributed by atoms with Crippen molar-refractivity contribution in [2.24, 2.45) is 0 Å².